The quantitative estimate of drug-likeness (QED) is 0.892. The summed E-state index contributed by atoms with van der Waals surface area (Å²) in [7, 11) is 0. The molecule has 98 valence electrons. The summed E-state index contributed by atoms with van der Waals surface area (Å²) >= 11 is 6.05. The minimum atomic E-state index is -0.0562. The third kappa shape index (κ3) is 3.69. The molecule has 2 rings (SSSR count). The van der Waals surface area contributed by atoms with E-state index in [0.29, 0.717) is 17.3 Å². The van der Waals surface area contributed by atoms with Crippen molar-refractivity contribution in [2.75, 3.05) is 10.6 Å². The van der Waals surface area contributed by atoms with Gasteiger partial charge < -0.3 is 10.6 Å². The highest BCUT2D eigenvalue weighted by molar-refractivity contribution is 6.33. The van der Waals surface area contributed by atoms with Crippen LogP contribution in [0.15, 0.2) is 42.6 Å². The number of carbonyl (C=O) groups excluding carboxylic acids is 1. The van der Waals surface area contributed by atoms with Gasteiger partial charge >= 0.3 is 0 Å². The van der Waals surface area contributed by atoms with Crippen LogP contribution in [0.2, 0.25) is 5.02 Å². The molecule has 0 aliphatic carbocycles. The minimum Gasteiger partial charge on any atom is -0.353 e. The van der Waals surface area contributed by atoms with Gasteiger partial charge in [-0.15, -0.1) is 0 Å². The van der Waals surface area contributed by atoms with E-state index in [1.807, 2.05) is 30.3 Å². The van der Waals surface area contributed by atoms with Gasteiger partial charge in [-0.05, 0) is 24.3 Å². The van der Waals surface area contributed by atoms with Crippen LogP contribution >= 0.6 is 11.6 Å². The molecule has 0 saturated heterocycles. The van der Waals surface area contributed by atoms with Crippen molar-refractivity contribution >= 4 is 34.7 Å². The zero-order valence-electron chi connectivity index (χ0n) is 10.5. The number of hydrogen-bond donors (Lipinski definition) is 2. The summed E-state index contributed by atoms with van der Waals surface area (Å²) in [6.45, 7) is 1.79. The predicted molar refractivity (Wildman–Crippen MR) is 77.9 cm³/mol. The Morgan fingerprint density at radius 2 is 2.05 bits per heavy atom. The lowest BCUT2D eigenvalue weighted by Crippen LogP contribution is -2.10. The lowest BCUT2D eigenvalue weighted by molar-refractivity contribution is -0.115. The van der Waals surface area contributed by atoms with Crippen LogP contribution in [0.1, 0.15) is 13.3 Å². The Labute approximate surface area is 116 Å². The molecule has 0 unspecified atom stereocenters. The molecule has 2 N–H and O–H groups in total. The minimum absolute atomic E-state index is 0.0562. The van der Waals surface area contributed by atoms with Crippen molar-refractivity contribution in [1.82, 2.24) is 4.98 Å². The van der Waals surface area contributed by atoms with Crippen molar-refractivity contribution < 1.29 is 4.79 Å². The summed E-state index contributed by atoms with van der Waals surface area (Å²) in [4.78, 5) is 15.4. The third-order valence-corrected chi connectivity index (χ3v) is 2.83. The van der Waals surface area contributed by atoms with E-state index >= 15 is 0 Å². The average Bonchev–Trinajstić information content (AvgIpc) is 2.43. The van der Waals surface area contributed by atoms with Crippen LogP contribution in [0.3, 0.4) is 0 Å². The molecule has 1 aromatic heterocycles. The van der Waals surface area contributed by atoms with Gasteiger partial charge in [0.2, 0.25) is 5.91 Å². The van der Waals surface area contributed by atoms with Gasteiger partial charge in [0.1, 0.15) is 5.82 Å². The topological polar surface area (TPSA) is 54.0 Å². The van der Waals surface area contributed by atoms with Crippen LogP contribution < -0.4 is 10.6 Å². The molecule has 1 heterocycles. The fourth-order valence-corrected chi connectivity index (χ4v) is 1.67. The molecule has 4 nitrogen and oxygen atoms in total. The Kier molecular flexibility index (Phi) is 4.36. The number of anilines is 3. The van der Waals surface area contributed by atoms with E-state index in [2.05, 4.69) is 15.6 Å². The van der Waals surface area contributed by atoms with Gasteiger partial charge in [-0.2, -0.15) is 0 Å². The molecular weight excluding hydrogens is 262 g/mol. The summed E-state index contributed by atoms with van der Waals surface area (Å²) in [6, 6.07) is 11.0. The number of rotatable bonds is 4. The van der Waals surface area contributed by atoms with Crippen LogP contribution in [0, 0.1) is 0 Å². The zero-order valence-corrected chi connectivity index (χ0v) is 11.2. The smallest absolute Gasteiger partial charge is 0.225 e. The molecule has 0 fully saturated rings. The summed E-state index contributed by atoms with van der Waals surface area (Å²) in [6.07, 6.45) is 2.08. The molecule has 0 aliphatic rings. The monoisotopic (exact) mass is 275 g/mol. The first-order valence-corrected chi connectivity index (χ1v) is 6.34. The highest BCUT2D eigenvalue weighted by Crippen LogP contribution is 2.24. The Hall–Kier alpha value is -2.07. The maximum absolute atomic E-state index is 11.2. The fourth-order valence-electron chi connectivity index (χ4n) is 1.49. The highest BCUT2D eigenvalue weighted by Gasteiger charge is 2.02. The van der Waals surface area contributed by atoms with Gasteiger partial charge in [0.05, 0.1) is 22.6 Å². The standard InChI is InChI=1S/C14H14ClN3O/c1-2-14(19)18-13-8-7-10(9-16-13)17-12-6-4-3-5-11(12)15/h3-9,17H,2H2,1H3,(H,16,18,19). The predicted octanol–water partition coefficient (Wildman–Crippen LogP) is 3.83. The molecule has 0 radical (unpaired) electrons. The van der Waals surface area contributed by atoms with Gasteiger partial charge in [-0.1, -0.05) is 30.7 Å². The molecule has 2 aromatic rings. The number of nitrogens with one attached hydrogen (secondary N) is 2. The molecule has 0 saturated carbocycles. The first-order valence-electron chi connectivity index (χ1n) is 5.96. The number of nitrogens with zero attached hydrogens (tertiary/aromatic N) is 1. The van der Waals surface area contributed by atoms with E-state index in [4.69, 9.17) is 11.6 Å². The van der Waals surface area contributed by atoms with Crippen LogP contribution in [-0.4, -0.2) is 10.9 Å². The van der Waals surface area contributed by atoms with Crippen molar-refractivity contribution in [1.29, 1.82) is 0 Å². The number of pyridine rings is 1. The zero-order chi connectivity index (χ0) is 13.7. The van der Waals surface area contributed by atoms with Gasteiger partial charge in [0.25, 0.3) is 0 Å². The SMILES string of the molecule is CCC(=O)Nc1ccc(Nc2ccccc2Cl)cn1. The summed E-state index contributed by atoms with van der Waals surface area (Å²) in [5.74, 6) is 0.482. The van der Waals surface area contributed by atoms with Crippen molar-refractivity contribution in [3.63, 3.8) is 0 Å². The number of halogens is 1. The Balaban J connectivity index is 2.07. The number of aromatic nitrogens is 1. The molecule has 5 heteroatoms. The first kappa shape index (κ1) is 13.4. The van der Waals surface area contributed by atoms with E-state index in [-0.39, 0.29) is 5.91 Å². The maximum atomic E-state index is 11.2. The number of amides is 1. The van der Waals surface area contributed by atoms with E-state index in [1.165, 1.54) is 0 Å². The van der Waals surface area contributed by atoms with Crippen LogP contribution in [0.25, 0.3) is 0 Å². The normalized spacial score (nSPS) is 10.0. The lowest BCUT2D eigenvalue weighted by Gasteiger charge is -2.08. The number of para-hydroxylation sites is 1. The second-order valence-corrected chi connectivity index (χ2v) is 4.35. The number of hydrogen-bond acceptors (Lipinski definition) is 3. The summed E-state index contributed by atoms with van der Waals surface area (Å²) < 4.78 is 0. The van der Waals surface area contributed by atoms with Crippen molar-refractivity contribution in [3.8, 4) is 0 Å². The Morgan fingerprint density at radius 1 is 1.26 bits per heavy atom. The Bertz CT molecular complexity index is 569. The summed E-state index contributed by atoms with van der Waals surface area (Å²) in [5.41, 5.74) is 1.62. The van der Waals surface area contributed by atoms with Gasteiger partial charge in [-0.3, -0.25) is 4.79 Å². The van der Waals surface area contributed by atoms with Crippen LogP contribution in [0.4, 0.5) is 17.2 Å². The van der Waals surface area contributed by atoms with E-state index in [1.54, 1.807) is 19.2 Å². The second-order valence-electron chi connectivity index (χ2n) is 3.94. The number of benzene rings is 1. The Morgan fingerprint density at radius 3 is 2.68 bits per heavy atom. The lowest BCUT2D eigenvalue weighted by atomic mass is 10.3. The van der Waals surface area contributed by atoms with E-state index in [9.17, 15) is 4.79 Å². The molecule has 0 aliphatic heterocycles. The second kappa shape index (κ2) is 6.20. The highest BCUT2D eigenvalue weighted by atomic mass is 35.5. The maximum Gasteiger partial charge on any atom is 0.225 e. The van der Waals surface area contributed by atoms with Crippen LogP contribution in [-0.2, 0) is 4.79 Å². The van der Waals surface area contributed by atoms with E-state index < -0.39 is 0 Å². The third-order valence-electron chi connectivity index (χ3n) is 2.50. The number of carbonyl (C=O) groups is 1. The van der Waals surface area contributed by atoms with Gasteiger partial charge in [-0.25, -0.2) is 4.98 Å². The molecule has 1 aromatic carbocycles. The van der Waals surface area contributed by atoms with Crippen molar-refractivity contribution in [2.45, 2.75) is 13.3 Å². The van der Waals surface area contributed by atoms with Crippen molar-refractivity contribution in [3.05, 3.63) is 47.6 Å². The van der Waals surface area contributed by atoms with Gasteiger partial charge in [0, 0.05) is 6.42 Å². The van der Waals surface area contributed by atoms with Crippen LogP contribution in [0.5, 0.6) is 0 Å². The average molecular weight is 276 g/mol. The largest absolute Gasteiger partial charge is 0.353 e. The summed E-state index contributed by atoms with van der Waals surface area (Å²) in [5, 5.41) is 6.49. The van der Waals surface area contributed by atoms with Gasteiger partial charge in [0.15, 0.2) is 0 Å². The molecular formula is C14H14ClN3O. The van der Waals surface area contributed by atoms with Crippen molar-refractivity contribution in [2.24, 2.45) is 0 Å². The van der Waals surface area contributed by atoms with E-state index in [0.717, 1.165) is 11.4 Å². The molecule has 0 atom stereocenters. The molecule has 0 bridgehead atoms. The first-order chi connectivity index (χ1) is 9.19. The molecule has 0 spiro atoms. The molecule has 1 amide bonds. The fraction of sp³-hybridized carbons (Fsp3) is 0.143. The molecule has 19 heavy (non-hydrogen) atoms.